The normalized spacial score (nSPS) is 12.0. The highest BCUT2D eigenvalue weighted by Crippen LogP contribution is 2.29. The number of carbonyl (C=O) groups excluding carboxylic acids is 1. The molecule has 0 aliphatic carbocycles. The van der Waals surface area contributed by atoms with Crippen LogP contribution >= 0.6 is 0 Å². The number of aromatic nitrogens is 1. The average molecular weight is 228 g/mol. The second kappa shape index (κ2) is 4.78. The minimum atomic E-state index is -1.32. The number of methoxy groups -OCH3 is 2. The number of esters is 1. The summed E-state index contributed by atoms with van der Waals surface area (Å²) in [5, 5.41) is 0. The van der Waals surface area contributed by atoms with Crippen molar-refractivity contribution in [1.29, 1.82) is 0 Å². The van der Waals surface area contributed by atoms with E-state index in [1.807, 2.05) is 0 Å². The van der Waals surface area contributed by atoms with Crippen molar-refractivity contribution >= 4 is 11.7 Å². The first-order chi connectivity index (χ1) is 7.51. The second-order valence-electron chi connectivity index (χ2n) is 3.13. The van der Waals surface area contributed by atoms with Gasteiger partial charge in [-0.05, 0) is 13.0 Å². The van der Waals surface area contributed by atoms with Crippen LogP contribution in [-0.2, 0) is 4.74 Å². The number of nitrogen functional groups attached to an aromatic ring is 1. The van der Waals surface area contributed by atoms with Crippen molar-refractivity contribution in [2.24, 2.45) is 0 Å². The topological polar surface area (TPSA) is 74.4 Å². The fraction of sp³-hybridized carbons (Fsp3) is 0.400. The number of carbonyl (C=O) groups is 1. The van der Waals surface area contributed by atoms with Crippen LogP contribution < -0.4 is 10.5 Å². The minimum Gasteiger partial charge on any atom is -0.492 e. The Morgan fingerprint density at radius 3 is 2.62 bits per heavy atom. The van der Waals surface area contributed by atoms with Gasteiger partial charge in [0.1, 0.15) is 6.17 Å². The lowest BCUT2D eigenvalue weighted by Crippen LogP contribution is -2.11. The number of hydrogen-bond acceptors (Lipinski definition) is 5. The number of anilines is 1. The molecule has 16 heavy (non-hydrogen) atoms. The van der Waals surface area contributed by atoms with E-state index in [0.29, 0.717) is 0 Å². The number of halogens is 1. The summed E-state index contributed by atoms with van der Waals surface area (Å²) < 4.78 is 22.5. The summed E-state index contributed by atoms with van der Waals surface area (Å²) in [6.45, 7) is 1.30. The molecule has 0 radical (unpaired) electrons. The lowest BCUT2D eigenvalue weighted by atomic mass is 10.2. The zero-order chi connectivity index (χ0) is 12.3. The first-order valence-corrected chi connectivity index (χ1v) is 4.58. The Morgan fingerprint density at radius 1 is 1.56 bits per heavy atom. The summed E-state index contributed by atoms with van der Waals surface area (Å²) in [7, 11) is 2.55. The highest BCUT2D eigenvalue weighted by atomic mass is 19.1. The van der Waals surface area contributed by atoms with Gasteiger partial charge in [0.05, 0.1) is 25.6 Å². The third kappa shape index (κ3) is 2.21. The number of nitrogens with two attached hydrogens (primary N) is 1. The maximum absolute atomic E-state index is 13.1. The molecular formula is C10H13FN2O3. The summed E-state index contributed by atoms with van der Waals surface area (Å²) in [6, 6.07) is 1.33. The van der Waals surface area contributed by atoms with E-state index < -0.39 is 12.1 Å². The van der Waals surface area contributed by atoms with Gasteiger partial charge >= 0.3 is 5.97 Å². The van der Waals surface area contributed by atoms with E-state index in [0.717, 1.165) is 0 Å². The summed E-state index contributed by atoms with van der Waals surface area (Å²) in [5.41, 5.74) is 5.72. The Hall–Kier alpha value is -1.85. The molecule has 1 aromatic heterocycles. The van der Waals surface area contributed by atoms with Gasteiger partial charge in [-0.25, -0.2) is 14.2 Å². The molecule has 88 valence electrons. The molecule has 1 aromatic rings. The molecule has 0 spiro atoms. The van der Waals surface area contributed by atoms with Crippen molar-refractivity contribution in [3.05, 3.63) is 17.5 Å². The van der Waals surface area contributed by atoms with Crippen LogP contribution in [0.1, 0.15) is 29.3 Å². The van der Waals surface area contributed by atoms with E-state index in [1.54, 1.807) is 0 Å². The number of rotatable bonds is 3. The van der Waals surface area contributed by atoms with E-state index in [-0.39, 0.29) is 22.8 Å². The molecule has 1 heterocycles. The molecule has 1 atom stereocenters. The van der Waals surface area contributed by atoms with Crippen molar-refractivity contribution in [3.63, 3.8) is 0 Å². The Bertz CT molecular complexity index is 407. The van der Waals surface area contributed by atoms with Gasteiger partial charge < -0.3 is 15.2 Å². The molecule has 0 aromatic carbocycles. The number of alkyl halides is 1. The van der Waals surface area contributed by atoms with Gasteiger partial charge in [-0.2, -0.15) is 0 Å². The Morgan fingerprint density at radius 2 is 2.19 bits per heavy atom. The van der Waals surface area contributed by atoms with Gasteiger partial charge in [-0.3, -0.25) is 0 Å². The molecule has 0 aliphatic rings. The number of pyridine rings is 1. The molecule has 1 rings (SSSR count). The molecule has 2 N–H and O–H groups in total. The first-order valence-electron chi connectivity index (χ1n) is 4.58. The number of hydrogen-bond donors (Lipinski definition) is 1. The van der Waals surface area contributed by atoms with E-state index in [1.165, 1.54) is 27.2 Å². The molecule has 0 unspecified atom stereocenters. The third-order valence-electron chi connectivity index (χ3n) is 2.01. The number of nitrogens with zero attached hydrogens (tertiary/aromatic N) is 1. The molecular weight excluding hydrogens is 215 g/mol. The Balaban J connectivity index is 3.36. The zero-order valence-electron chi connectivity index (χ0n) is 9.28. The fourth-order valence-electron chi connectivity index (χ4n) is 1.23. The van der Waals surface area contributed by atoms with Gasteiger partial charge in [0.2, 0.25) is 0 Å². The highest BCUT2D eigenvalue weighted by molar-refractivity contribution is 5.92. The van der Waals surface area contributed by atoms with E-state index in [2.05, 4.69) is 9.72 Å². The summed E-state index contributed by atoms with van der Waals surface area (Å²) in [6.07, 6.45) is -1.32. The van der Waals surface area contributed by atoms with Crippen LogP contribution in [0.5, 0.6) is 5.75 Å². The predicted molar refractivity (Wildman–Crippen MR) is 56.1 cm³/mol. The van der Waals surface area contributed by atoms with Crippen LogP contribution in [0.2, 0.25) is 0 Å². The smallest absolute Gasteiger partial charge is 0.360 e. The van der Waals surface area contributed by atoms with Gasteiger partial charge in [0, 0.05) is 0 Å². The van der Waals surface area contributed by atoms with Crippen molar-refractivity contribution < 1.29 is 18.7 Å². The highest BCUT2D eigenvalue weighted by Gasteiger charge is 2.20. The summed E-state index contributed by atoms with van der Waals surface area (Å²) >= 11 is 0. The largest absolute Gasteiger partial charge is 0.492 e. The molecule has 0 saturated heterocycles. The van der Waals surface area contributed by atoms with Crippen molar-refractivity contribution in [2.75, 3.05) is 20.0 Å². The van der Waals surface area contributed by atoms with Gasteiger partial charge in [-0.15, -0.1) is 0 Å². The second-order valence-corrected chi connectivity index (χ2v) is 3.13. The quantitative estimate of drug-likeness (QED) is 0.793. The van der Waals surface area contributed by atoms with Crippen LogP contribution in [0.25, 0.3) is 0 Å². The molecule has 0 fully saturated rings. The summed E-state index contributed by atoms with van der Waals surface area (Å²) in [5.74, 6) is -0.623. The van der Waals surface area contributed by atoms with E-state index in [4.69, 9.17) is 10.5 Å². The first kappa shape index (κ1) is 12.2. The standard InChI is InChI=1S/C10H13FN2O3/c1-5(11)7-4-6(12)9(15-2)8(13-7)10(14)16-3/h4-5H,1-3H3,(H2,12,13)/t5-/m0/s1. The van der Waals surface area contributed by atoms with Crippen LogP contribution in [-0.4, -0.2) is 25.2 Å². The van der Waals surface area contributed by atoms with Crippen LogP contribution in [0.4, 0.5) is 10.1 Å². The number of ether oxygens (including phenoxy) is 2. The van der Waals surface area contributed by atoms with Gasteiger partial charge in [0.15, 0.2) is 11.4 Å². The van der Waals surface area contributed by atoms with E-state index in [9.17, 15) is 9.18 Å². The van der Waals surface area contributed by atoms with Crippen LogP contribution in [0.3, 0.4) is 0 Å². The van der Waals surface area contributed by atoms with Crippen molar-refractivity contribution in [3.8, 4) is 5.75 Å². The van der Waals surface area contributed by atoms with Gasteiger partial charge in [-0.1, -0.05) is 0 Å². The lowest BCUT2D eigenvalue weighted by molar-refractivity contribution is 0.0589. The molecule has 0 saturated carbocycles. The summed E-state index contributed by atoms with van der Waals surface area (Å²) in [4.78, 5) is 15.2. The van der Waals surface area contributed by atoms with Crippen LogP contribution in [0, 0.1) is 0 Å². The third-order valence-corrected chi connectivity index (χ3v) is 2.01. The van der Waals surface area contributed by atoms with Crippen LogP contribution in [0.15, 0.2) is 6.07 Å². The monoisotopic (exact) mass is 228 g/mol. The molecule has 0 bridgehead atoms. The van der Waals surface area contributed by atoms with Gasteiger partial charge in [0.25, 0.3) is 0 Å². The average Bonchev–Trinajstić information content (AvgIpc) is 2.26. The van der Waals surface area contributed by atoms with Crippen molar-refractivity contribution in [2.45, 2.75) is 13.1 Å². The predicted octanol–water partition coefficient (Wildman–Crippen LogP) is 1.49. The Kier molecular flexibility index (Phi) is 3.65. The van der Waals surface area contributed by atoms with Crippen molar-refractivity contribution in [1.82, 2.24) is 4.98 Å². The lowest BCUT2D eigenvalue weighted by Gasteiger charge is -2.11. The maximum Gasteiger partial charge on any atom is 0.360 e. The zero-order valence-corrected chi connectivity index (χ0v) is 9.28. The SMILES string of the molecule is COC(=O)c1nc([C@H](C)F)cc(N)c1OC. The maximum atomic E-state index is 13.1. The minimum absolute atomic E-state index is 0.0682. The Labute approximate surface area is 92.4 Å². The van der Waals surface area contributed by atoms with E-state index >= 15 is 0 Å². The molecule has 0 amide bonds. The molecule has 5 nitrogen and oxygen atoms in total. The molecule has 0 aliphatic heterocycles. The fourth-order valence-corrected chi connectivity index (χ4v) is 1.23. The molecule has 6 heteroatoms.